The number of hydrogen-bond acceptors (Lipinski definition) is 3. The summed E-state index contributed by atoms with van der Waals surface area (Å²) in [5, 5.41) is 7.16. The summed E-state index contributed by atoms with van der Waals surface area (Å²) in [6, 6.07) is 6.01. The van der Waals surface area contributed by atoms with E-state index in [0.717, 1.165) is 24.0 Å². The zero-order chi connectivity index (χ0) is 16.9. The molecule has 3 rings (SSSR count). The van der Waals surface area contributed by atoms with Crippen LogP contribution in [0.3, 0.4) is 0 Å². The van der Waals surface area contributed by atoms with Crippen LogP contribution in [-0.2, 0) is 23.0 Å². The van der Waals surface area contributed by atoms with Gasteiger partial charge in [-0.2, -0.15) is 5.10 Å². The Hall–Kier alpha value is -2.21. The number of halogens is 1. The molecule has 5 nitrogen and oxygen atoms in total. The second-order valence-electron chi connectivity index (χ2n) is 6.17. The van der Waals surface area contributed by atoms with Gasteiger partial charge in [0.05, 0.1) is 18.3 Å². The smallest absolute Gasteiger partial charge is 0.220 e. The molecule has 1 fully saturated rings. The van der Waals surface area contributed by atoms with Crippen LogP contribution in [-0.4, -0.2) is 28.4 Å². The van der Waals surface area contributed by atoms with Crippen molar-refractivity contribution >= 4 is 5.91 Å². The Balaban J connectivity index is 1.64. The van der Waals surface area contributed by atoms with Crippen molar-refractivity contribution < 1.29 is 13.9 Å². The second kappa shape index (κ2) is 7.57. The Kier molecular flexibility index (Phi) is 5.25. The predicted molar refractivity (Wildman–Crippen MR) is 87.8 cm³/mol. The van der Waals surface area contributed by atoms with Crippen molar-refractivity contribution in [3.63, 3.8) is 0 Å². The third-order valence-corrected chi connectivity index (χ3v) is 4.28. The van der Waals surface area contributed by atoms with Crippen molar-refractivity contribution in [2.24, 2.45) is 7.05 Å². The van der Waals surface area contributed by atoms with Gasteiger partial charge >= 0.3 is 0 Å². The molecule has 1 aromatic heterocycles. The first-order valence-corrected chi connectivity index (χ1v) is 8.26. The van der Waals surface area contributed by atoms with Gasteiger partial charge in [-0.25, -0.2) is 4.39 Å². The molecule has 2 aromatic rings. The molecule has 0 bridgehead atoms. The average molecular weight is 331 g/mol. The molecule has 1 aliphatic heterocycles. The monoisotopic (exact) mass is 331 g/mol. The molecule has 0 saturated carbocycles. The normalized spacial score (nSPS) is 18.5. The second-order valence-corrected chi connectivity index (χ2v) is 6.17. The Morgan fingerprint density at radius 1 is 1.46 bits per heavy atom. The molecule has 0 unspecified atom stereocenters. The number of hydrogen-bond donors (Lipinski definition) is 1. The summed E-state index contributed by atoms with van der Waals surface area (Å²) in [5.41, 5.74) is 1.90. The molecule has 1 aliphatic rings. The number of carbonyl (C=O) groups excluding carboxylic acids is 1. The Morgan fingerprint density at radius 3 is 2.88 bits per heavy atom. The molecule has 0 aliphatic carbocycles. The van der Waals surface area contributed by atoms with Crippen LogP contribution in [0.25, 0.3) is 0 Å². The number of nitrogens with one attached hydrogen (secondary N) is 1. The van der Waals surface area contributed by atoms with Gasteiger partial charge in [0, 0.05) is 26.3 Å². The van der Waals surface area contributed by atoms with Gasteiger partial charge in [-0.05, 0) is 42.5 Å². The van der Waals surface area contributed by atoms with Crippen LogP contribution in [0.1, 0.15) is 36.4 Å². The van der Waals surface area contributed by atoms with Crippen molar-refractivity contribution in [1.82, 2.24) is 15.1 Å². The Morgan fingerprint density at radius 2 is 2.25 bits per heavy atom. The van der Waals surface area contributed by atoms with E-state index in [4.69, 9.17) is 4.74 Å². The lowest BCUT2D eigenvalue weighted by atomic mass is 9.99. The lowest BCUT2D eigenvalue weighted by Crippen LogP contribution is -2.36. The van der Waals surface area contributed by atoms with Crippen LogP contribution in [0, 0.1) is 5.82 Å². The highest BCUT2D eigenvalue weighted by molar-refractivity contribution is 5.76. The summed E-state index contributed by atoms with van der Waals surface area (Å²) in [4.78, 5) is 12.4. The van der Waals surface area contributed by atoms with Crippen LogP contribution in [0.2, 0.25) is 0 Å². The molecule has 2 heterocycles. The van der Waals surface area contributed by atoms with Crippen molar-refractivity contribution in [3.8, 4) is 0 Å². The van der Waals surface area contributed by atoms with E-state index < -0.39 is 0 Å². The van der Waals surface area contributed by atoms with Crippen LogP contribution in [0.5, 0.6) is 0 Å². The Bertz CT molecular complexity index is 678. The lowest BCUT2D eigenvalue weighted by molar-refractivity contribution is -0.122. The fraction of sp³-hybridized carbons (Fsp3) is 0.444. The summed E-state index contributed by atoms with van der Waals surface area (Å²) < 4.78 is 20.6. The van der Waals surface area contributed by atoms with Crippen molar-refractivity contribution in [1.29, 1.82) is 0 Å². The summed E-state index contributed by atoms with van der Waals surface area (Å²) in [6.45, 7) is 0.702. The molecule has 128 valence electrons. The van der Waals surface area contributed by atoms with Gasteiger partial charge in [0.25, 0.3) is 0 Å². The van der Waals surface area contributed by atoms with Gasteiger partial charge < -0.3 is 10.1 Å². The molecule has 0 spiro atoms. The zero-order valence-electron chi connectivity index (χ0n) is 13.7. The highest BCUT2D eigenvalue weighted by Gasteiger charge is 2.28. The zero-order valence-corrected chi connectivity index (χ0v) is 13.7. The molecule has 0 radical (unpaired) electrons. The fourth-order valence-electron chi connectivity index (χ4n) is 3.03. The van der Waals surface area contributed by atoms with Crippen LogP contribution in [0.4, 0.5) is 4.39 Å². The summed E-state index contributed by atoms with van der Waals surface area (Å²) in [7, 11) is 1.85. The standard InChI is InChI=1S/C18H22FN3O2/c1-22-12-13(11-20-22)4-9-17(23)21-18(16-3-2-10-24-16)14-5-7-15(19)8-6-14/h5-8,11-12,16,18H,2-4,9-10H2,1H3,(H,21,23)/t16-,18+/m0/s1. The summed E-state index contributed by atoms with van der Waals surface area (Å²) in [5.74, 6) is -0.323. The maximum absolute atomic E-state index is 13.2. The van der Waals surface area contributed by atoms with Gasteiger partial charge in [-0.1, -0.05) is 12.1 Å². The third-order valence-electron chi connectivity index (χ3n) is 4.28. The molecular formula is C18H22FN3O2. The number of nitrogens with zero attached hydrogens (tertiary/aromatic N) is 2. The maximum atomic E-state index is 13.2. The largest absolute Gasteiger partial charge is 0.376 e. The van der Waals surface area contributed by atoms with E-state index in [9.17, 15) is 9.18 Å². The first kappa shape index (κ1) is 16.6. The highest BCUT2D eigenvalue weighted by atomic mass is 19.1. The van der Waals surface area contributed by atoms with E-state index >= 15 is 0 Å². The minimum absolute atomic E-state index is 0.0383. The first-order chi connectivity index (χ1) is 11.6. The van der Waals surface area contributed by atoms with Gasteiger partial charge in [-0.15, -0.1) is 0 Å². The van der Waals surface area contributed by atoms with Crippen LogP contribution in [0.15, 0.2) is 36.7 Å². The van der Waals surface area contributed by atoms with Crippen LogP contribution < -0.4 is 5.32 Å². The maximum Gasteiger partial charge on any atom is 0.220 e. The number of aryl methyl sites for hydroxylation is 2. The minimum atomic E-state index is -0.284. The SMILES string of the molecule is Cn1cc(CCC(=O)N[C@H](c2ccc(F)cc2)[C@@H]2CCCO2)cn1. The van der Waals surface area contributed by atoms with E-state index in [1.54, 1.807) is 23.0 Å². The first-order valence-electron chi connectivity index (χ1n) is 8.26. The lowest BCUT2D eigenvalue weighted by Gasteiger charge is -2.24. The molecule has 2 atom stereocenters. The van der Waals surface area contributed by atoms with E-state index in [-0.39, 0.29) is 23.9 Å². The predicted octanol–water partition coefficient (Wildman–Crippen LogP) is 2.53. The molecule has 24 heavy (non-hydrogen) atoms. The summed E-state index contributed by atoms with van der Waals surface area (Å²) in [6.07, 6.45) is 6.52. The number of carbonyl (C=O) groups is 1. The van der Waals surface area contributed by atoms with Gasteiger partial charge in [0.15, 0.2) is 0 Å². The third kappa shape index (κ3) is 4.20. The summed E-state index contributed by atoms with van der Waals surface area (Å²) >= 11 is 0. The average Bonchev–Trinajstić information content (AvgIpc) is 3.23. The molecule has 6 heteroatoms. The topological polar surface area (TPSA) is 56.2 Å². The fourth-order valence-corrected chi connectivity index (χ4v) is 3.03. The number of benzene rings is 1. The van der Waals surface area contributed by atoms with Crippen LogP contribution >= 0.6 is 0 Å². The van der Waals surface area contributed by atoms with Gasteiger partial charge in [0.1, 0.15) is 5.82 Å². The number of rotatable bonds is 6. The van der Waals surface area contributed by atoms with Gasteiger partial charge in [0.2, 0.25) is 5.91 Å². The van der Waals surface area contributed by atoms with E-state index in [2.05, 4.69) is 10.4 Å². The van der Waals surface area contributed by atoms with Gasteiger partial charge in [-0.3, -0.25) is 9.48 Å². The molecule has 1 N–H and O–H groups in total. The number of ether oxygens (including phenoxy) is 1. The van der Waals surface area contributed by atoms with E-state index in [1.807, 2.05) is 13.2 Å². The molecule has 1 aromatic carbocycles. The van der Waals surface area contributed by atoms with E-state index in [1.165, 1.54) is 12.1 Å². The number of amides is 1. The van der Waals surface area contributed by atoms with Crippen molar-refractivity contribution in [2.45, 2.75) is 37.8 Å². The Labute approximate surface area is 140 Å². The van der Waals surface area contributed by atoms with Crippen molar-refractivity contribution in [3.05, 3.63) is 53.6 Å². The molecule has 1 saturated heterocycles. The minimum Gasteiger partial charge on any atom is -0.376 e. The quantitative estimate of drug-likeness (QED) is 0.885. The highest BCUT2D eigenvalue weighted by Crippen LogP contribution is 2.27. The number of aromatic nitrogens is 2. The molecular weight excluding hydrogens is 309 g/mol. The molecule has 1 amide bonds. The van der Waals surface area contributed by atoms with Crippen molar-refractivity contribution in [2.75, 3.05) is 6.61 Å². The van der Waals surface area contributed by atoms with E-state index in [0.29, 0.717) is 19.4 Å².